The van der Waals surface area contributed by atoms with Crippen LogP contribution in [0, 0.1) is 18.3 Å². The van der Waals surface area contributed by atoms with E-state index in [-0.39, 0.29) is 23.1 Å². The lowest BCUT2D eigenvalue weighted by atomic mass is 9.72. The molecule has 1 aromatic heterocycles. The number of aliphatic hydroxyl groups excluding tert-OH is 1. The van der Waals surface area contributed by atoms with Crippen molar-refractivity contribution in [1.82, 2.24) is 19.8 Å². The first-order valence-electron chi connectivity index (χ1n) is 10.3. The molecule has 0 aromatic carbocycles. The van der Waals surface area contributed by atoms with Crippen LogP contribution in [-0.4, -0.2) is 62.4 Å². The highest BCUT2D eigenvalue weighted by Crippen LogP contribution is 2.40. The zero-order chi connectivity index (χ0) is 20.3. The lowest BCUT2D eigenvalue weighted by molar-refractivity contribution is -0.147. The van der Waals surface area contributed by atoms with E-state index in [1.165, 1.54) is 0 Å². The van der Waals surface area contributed by atoms with Crippen LogP contribution in [0.5, 0.6) is 0 Å². The summed E-state index contributed by atoms with van der Waals surface area (Å²) >= 11 is 0. The van der Waals surface area contributed by atoms with E-state index in [0.29, 0.717) is 39.0 Å². The van der Waals surface area contributed by atoms with Gasteiger partial charge in [0.1, 0.15) is 6.10 Å². The van der Waals surface area contributed by atoms with E-state index in [9.17, 15) is 14.7 Å². The van der Waals surface area contributed by atoms with Crippen molar-refractivity contribution in [2.75, 3.05) is 19.6 Å². The number of rotatable bonds is 5. The van der Waals surface area contributed by atoms with Gasteiger partial charge in [-0.3, -0.25) is 19.6 Å². The Balaban J connectivity index is 1.58. The molecule has 0 unspecified atom stereocenters. The second-order valence-corrected chi connectivity index (χ2v) is 8.87. The molecule has 2 aliphatic heterocycles. The normalized spacial score (nSPS) is 20.7. The van der Waals surface area contributed by atoms with Crippen molar-refractivity contribution in [3.63, 3.8) is 0 Å². The smallest absolute Gasteiger partial charge is 0.251 e. The highest BCUT2D eigenvalue weighted by atomic mass is 16.3. The third-order valence-electron chi connectivity index (χ3n) is 6.05. The predicted octanol–water partition coefficient (Wildman–Crippen LogP) is 1.92. The summed E-state index contributed by atoms with van der Waals surface area (Å²) in [5.74, 6) is 0.305. The van der Waals surface area contributed by atoms with E-state index in [0.717, 1.165) is 30.7 Å². The molecule has 1 N–H and O–H groups in total. The molecule has 2 aliphatic rings. The van der Waals surface area contributed by atoms with Crippen molar-refractivity contribution < 1.29 is 14.7 Å². The second kappa shape index (κ2) is 8.55. The summed E-state index contributed by atoms with van der Waals surface area (Å²) in [5.41, 5.74) is 1.73. The largest absolute Gasteiger partial charge is 0.383 e. The van der Waals surface area contributed by atoms with Crippen LogP contribution in [0.4, 0.5) is 0 Å². The quantitative estimate of drug-likeness (QED) is 0.833. The number of nitrogens with zero attached hydrogens (tertiary/aromatic N) is 4. The number of carbonyl (C=O) groups is 2. The Bertz CT molecular complexity index is 696. The molecule has 0 aliphatic carbocycles. The van der Waals surface area contributed by atoms with Gasteiger partial charge in [-0.15, -0.1) is 0 Å². The number of aliphatic hydroxyl groups is 1. The first kappa shape index (κ1) is 20.7. The third-order valence-corrected chi connectivity index (χ3v) is 6.05. The van der Waals surface area contributed by atoms with E-state index in [1.54, 1.807) is 17.3 Å². The Morgan fingerprint density at radius 2 is 1.93 bits per heavy atom. The molecule has 7 nitrogen and oxygen atoms in total. The van der Waals surface area contributed by atoms with Crippen molar-refractivity contribution in [3.05, 3.63) is 23.8 Å². The van der Waals surface area contributed by atoms with E-state index in [4.69, 9.17) is 0 Å². The monoisotopic (exact) mass is 388 g/mol. The minimum Gasteiger partial charge on any atom is -0.383 e. The maximum absolute atomic E-state index is 12.5. The van der Waals surface area contributed by atoms with Gasteiger partial charge in [-0.05, 0) is 43.9 Å². The summed E-state index contributed by atoms with van der Waals surface area (Å²) in [4.78, 5) is 37.3. The fourth-order valence-corrected chi connectivity index (χ4v) is 4.31. The first-order chi connectivity index (χ1) is 13.3. The van der Waals surface area contributed by atoms with Gasteiger partial charge in [0, 0.05) is 32.3 Å². The van der Waals surface area contributed by atoms with Crippen molar-refractivity contribution in [3.8, 4) is 0 Å². The topological polar surface area (TPSA) is 86.6 Å². The number of likely N-dealkylation sites (tertiary alicyclic amines) is 2. The number of hydrogen-bond acceptors (Lipinski definition) is 5. The maximum atomic E-state index is 12.5. The molecule has 2 fully saturated rings. The molecule has 7 heteroatoms. The number of hydrogen-bond donors (Lipinski definition) is 1. The minimum atomic E-state index is -0.904. The van der Waals surface area contributed by atoms with Crippen LogP contribution < -0.4 is 0 Å². The molecule has 154 valence electrons. The minimum absolute atomic E-state index is 0.0613. The molecule has 0 saturated carbocycles. The van der Waals surface area contributed by atoms with E-state index >= 15 is 0 Å². The molecule has 3 heterocycles. The van der Waals surface area contributed by atoms with Gasteiger partial charge >= 0.3 is 0 Å². The summed E-state index contributed by atoms with van der Waals surface area (Å²) in [6.45, 7) is 8.41. The Morgan fingerprint density at radius 1 is 1.21 bits per heavy atom. The van der Waals surface area contributed by atoms with Crippen molar-refractivity contribution >= 4 is 11.8 Å². The molecule has 0 bridgehead atoms. The Kier molecular flexibility index (Phi) is 6.33. The lowest BCUT2D eigenvalue weighted by Crippen LogP contribution is -2.53. The molecule has 1 spiro atoms. The standard InChI is InChI=1S/C21H32N4O3/c1-15(2)10-18(26)20(28)24-8-6-21(7-9-24)5-4-19(27)25(14-21)13-17-12-22-16(3)11-23-17/h11-12,15,18,26H,4-10,13-14H2,1-3H3/t18-/m0/s1. The Hall–Kier alpha value is -2.02. The number of amides is 2. The van der Waals surface area contributed by atoms with Crippen LogP contribution in [0.15, 0.2) is 12.4 Å². The van der Waals surface area contributed by atoms with Crippen LogP contribution in [0.1, 0.15) is 57.3 Å². The average Bonchev–Trinajstić information content (AvgIpc) is 2.66. The maximum Gasteiger partial charge on any atom is 0.251 e. The van der Waals surface area contributed by atoms with Crippen LogP contribution in [0.3, 0.4) is 0 Å². The molecule has 1 aromatic rings. The zero-order valence-electron chi connectivity index (χ0n) is 17.2. The van der Waals surface area contributed by atoms with E-state index in [1.807, 2.05) is 25.7 Å². The number of carbonyl (C=O) groups excluding carboxylic acids is 2. The Labute approximate surface area is 167 Å². The SMILES string of the molecule is Cc1cnc(CN2CC3(CCC2=O)CCN(C(=O)[C@@H](O)CC(C)C)CC3)cn1. The second-order valence-electron chi connectivity index (χ2n) is 8.87. The fraction of sp³-hybridized carbons (Fsp3) is 0.714. The number of aryl methyl sites for hydroxylation is 1. The Morgan fingerprint density at radius 3 is 2.54 bits per heavy atom. The summed E-state index contributed by atoms with van der Waals surface area (Å²) in [7, 11) is 0. The van der Waals surface area contributed by atoms with Gasteiger partial charge in [-0.1, -0.05) is 13.8 Å². The van der Waals surface area contributed by atoms with E-state index < -0.39 is 6.10 Å². The molecular formula is C21H32N4O3. The van der Waals surface area contributed by atoms with Crippen molar-refractivity contribution in [2.24, 2.45) is 11.3 Å². The molecular weight excluding hydrogens is 356 g/mol. The summed E-state index contributed by atoms with van der Waals surface area (Å²) in [6, 6.07) is 0. The van der Waals surface area contributed by atoms with Crippen molar-refractivity contribution in [2.45, 2.75) is 65.5 Å². The number of aromatic nitrogens is 2. The van der Waals surface area contributed by atoms with Gasteiger partial charge in [-0.2, -0.15) is 0 Å². The van der Waals surface area contributed by atoms with Crippen LogP contribution in [0.25, 0.3) is 0 Å². The lowest BCUT2D eigenvalue weighted by Gasteiger charge is -2.47. The van der Waals surface area contributed by atoms with Crippen molar-refractivity contribution in [1.29, 1.82) is 0 Å². The molecule has 3 rings (SSSR count). The summed E-state index contributed by atoms with van der Waals surface area (Å²) < 4.78 is 0. The molecule has 2 amide bonds. The average molecular weight is 389 g/mol. The van der Waals surface area contributed by atoms with Crippen LogP contribution in [-0.2, 0) is 16.1 Å². The molecule has 28 heavy (non-hydrogen) atoms. The molecule has 0 radical (unpaired) electrons. The predicted molar refractivity (Wildman–Crippen MR) is 105 cm³/mol. The fourth-order valence-electron chi connectivity index (χ4n) is 4.31. The van der Waals surface area contributed by atoms with Gasteiger partial charge in [0.2, 0.25) is 5.91 Å². The van der Waals surface area contributed by atoms with Gasteiger partial charge in [-0.25, -0.2) is 0 Å². The van der Waals surface area contributed by atoms with Gasteiger partial charge in [0.05, 0.1) is 24.1 Å². The zero-order valence-corrected chi connectivity index (χ0v) is 17.2. The van der Waals surface area contributed by atoms with Gasteiger partial charge < -0.3 is 14.9 Å². The highest BCUT2D eigenvalue weighted by molar-refractivity contribution is 5.81. The number of piperidine rings is 2. The summed E-state index contributed by atoms with van der Waals surface area (Å²) in [5, 5.41) is 10.1. The molecule has 1 atom stereocenters. The molecule has 2 saturated heterocycles. The third kappa shape index (κ3) is 4.87. The van der Waals surface area contributed by atoms with Crippen LogP contribution in [0.2, 0.25) is 0 Å². The van der Waals surface area contributed by atoms with Crippen LogP contribution >= 0.6 is 0 Å². The van der Waals surface area contributed by atoms with E-state index in [2.05, 4.69) is 9.97 Å². The highest BCUT2D eigenvalue weighted by Gasteiger charge is 2.42. The first-order valence-corrected chi connectivity index (χ1v) is 10.3. The summed E-state index contributed by atoms with van der Waals surface area (Å²) in [6.07, 6.45) is 6.22. The van der Waals surface area contributed by atoms with Gasteiger partial charge in [0.15, 0.2) is 0 Å². The van der Waals surface area contributed by atoms with Gasteiger partial charge in [0.25, 0.3) is 5.91 Å².